The largest absolute Gasteiger partial charge is 0.469 e. The van der Waals surface area contributed by atoms with Crippen LogP contribution in [0.2, 0.25) is 0 Å². The van der Waals surface area contributed by atoms with Gasteiger partial charge in [-0.3, -0.25) is 0 Å². The van der Waals surface area contributed by atoms with Gasteiger partial charge in [0.25, 0.3) is 0 Å². The Morgan fingerprint density at radius 1 is 1.50 bits per heavy atom. The molecule has 102 valence electrons. The van der Waals surface area contributed by atoms with Gasteiger partial charge in [-0.25, -0.2) is 0 Å². The standard InChI is InChI=1S/C15H26N2O/c1-3-14-7-10-17(9-5-8-16-14)13(2)12-15-6-4-11-18-15/h4,6,11,13-14,16H,3,5,7-10,12H2,1-2H3. The third-order valence-corrected chi connectivity index (χ3v) is 4.01. The topological polar surface area (TPSA) is 28.4 Å². The Morgan fingerprint density at radius 2 is 2.39 bits per heavy atom. The van der Waals surface area contributed by atoms with Crippen LogP contribution in [0.15, 0.2) is 22.8 Å². The van der Waals surface area contributed by atoms with Crippen molar-refractivity contribution in [3.05, 3.63) is 24.2 Å². The van der Waals surface area contributed by atoms with E-state index in [-0.39, 0.29) is 0 Å². The Hall–Kier alpha value is -0.800. The molecule has 1 aliphatic heterocycles. The zero-order chi connectivity index (χ0) is 12.8. The summed E-state index contributed by atoms with van der Waals surface area (Å²) in [7, 11) is 0. The first-order chi connectivity index (χ1) is 8.79. The Labute approximate surface area is 111 Å². The molecular weight excluding hydrogens is 224 g/mol. The molecule has 1 aromatic heterocycles. The molecule has 3 nitrogen and oxygen atoms in total. The van der Waals surface area contributed by atoms with Crippen molar-refractivity contribution >= 4 is 0 Å². The first kappa shape index (κ1) is 13.6. The van der Waals surface area contributed by atoms with E-state index in [1.807, 2.05) is 6.07 Å². The molecule has 0 amide bonds. The van der Waals surface area contributed by atoms with Crippen LogP contribution in [-0.4, -0.2) is 36.6 Å². The van der Waals surface area contributed by atoms with Gasteiger partial charge in [0.1, 0.15) is 5.76 Å². The molecule has 0 aliphatic carbocycles. The van der Waals surface area contributed by atoms with Gasteiger partial charge >= 0.3 is 0 Å². The predicted molar refractivity (Wildman–Crippen MR) is 74.8 cm³/mol. The van der Waals surface area contributed by atoms with Crippen LogP contribution < -0.4 is 5.32 Å². The van der Waals surface area contributed by atoms with E-state index in [1.54, 1.807) is 6.26 Å². The van der Waals surface area contributed by atoms with Crippen molar-refractivity contribution in [2.75, 3.05) is 19.6 Å². The summed E-state index contributed by atoms with van der Waals surface area (Å²) < 4.78 is 5.45. The van der Waals surface area contributed by atoms with E-state index in [0.717, 1.165) is 18.7 Å². The van der Waals surface area contributed by atoms with Gasteiger partial charge in [0.2, 0.25) is 0 Å². The minimum atomic E-state index is 0.576. The number of nitrogens with one attached hydrogen (secondary N) is 1. The third-order valence-electron chi connectivity index (χ3n) is 4.01. The van der Waals surface area contributed by atoms with Gasteiger partial charge in [0, 0.05) is 18.5 Å². The fourth-order valence-corrected chi connectivity index (χ4v) is 2.76. The molecule has 1 aromatic rings. The van der Waals surface area contributed by atoms with Crippen LogP contribution in [0.5, 0.6) is 0 Å². The van der Waals surface area contributed by atoms with Crippen LogP contribution in [0.3, 0.4) is 0 Å². The first-order valence-electron chi connectivity index (χ1n) is 7.29. The molecule has 2 heterocycles. The monoisotopic (exact) mass is 250 g/mol. The van der Waals surface area contributed by atoms with E-state index in [1.165, 1.54) is 32.4 Å². The molecule has 0 spiro atoms. The summed E-state index contributed by atoms with van der Waals surface area (Å²) in [6, 6.07) is 5.33. The summed E-state index contributed by atoms with van der Waals surface area (Å²) in [6.45, 7) is 8.15. The van der Waals surface area contributed by atoms with Crippen LogP contribution in [0, 0.1) is 0 Å². The quantitative estimate of drug-likeness (QED) is 0.890. The molecule has 0 saturated carbocycles. The van der Waals surface area contributed by atoms with Crippen molar-refractivity contribution in [2.24, 2.45) is 0 Å². The Morgan fingerprint density at radius 3 is 3.11 bits per heavy atom. The Kier molecular flexibility index (Phi) is 5.26. The second-order valence-corrected chi connectivity index (χ2v) is 5.37. The lowest BCUT2D eigenvalue weighted by atomic mass is 10.1. The van der Waals surface area contributed by atoms with Crippen molar-refractivity contribution in [2.45, 2.75) is 51.6 Å². The lowest BCUT2D eigenvalue weighted by molar-refractivity contribution is 0.175. The van der Waals surface area contributed by atoms with Crippen LogP contribution in [0.4, 0.5) is 0 Å². The molecular formula is C15H26N2O. The van der Waals surface area contributed by atoms with Gasteiger partial charge in [-0.2, -0.15) is 0 Å². The van der Waals surface area contributed by atoms with E-state index < -0.39 is 0 Å². The maximum Gasteiger partial charge on any atom is 0.105 e. The molecule has 2 rings (SSSR count). The molecule has 2 unspecified atom stereocenters. The van der Waals surface area contributed by atoms with Crippen molar-refractivity contribution in [3.63, 3.8) is 0 Å². The van der Waals surface area contributed by atoms with Gasteiger partial charge in [0.15, 0.2) is 0 Å². The van der Waals surface area contributed by atoms with Crippen LogP contribution >= 0.6 is 0 Å². The summed E-state index contributed by atoms with van der Waals surface area (Å²) >= 11 is 0. The van der Waals surface area contributed by atoms with Gasteiger partial charge in [-0.05, 0) is 58.0 Å². The lowest BCUT2D eigenvalue weighted by Crippen LogP contribution is -2.43. The van der Waals surface area contributed by atoms with Crippen LogP contribution in [-0.2, 0) is 6.42 Å². The smallest absolute Gasteiger partial charge is 0.105 e. The average Bonchev–Trinajstić information content (AvgIpc) is 2.82. The molecule has 1 saturated heterocycles. The van der Waals surface area contributed by atoms with Gasteiger partial charge in [0.05, 0.1) is 6.26 Å². The Balaban J connectivity index is 1.85. The molecule has 1 fully saturated rings. The van der Waals surface area contributed by atoms with Gasteiger partial charge in [-0.15, -0.1) is 0 Å². The molecule has 18 heavy (non-hydrogen) atoms. The highest BCUT2D eigenvalue weighted by molar-refractivity contribution is 5.00. The SMILES string of the molecule is CCC1CCN(C(C)Cc2ccco2)CCCN1. The zero-order valence-corrected chi connectivity index (χ0v) is 11.7. The highest BCUT2D eigenvalue weighted by atomic mass is 16.3. The van der Waals surface area contributed by atoms with E-state index in [2.05, 4.69) is 30.1 Å². The summed E-state index contributed by atoms with van der Waals surface area (Å²) in [5.41, 5.74) is 0. The minimum Gasteiger partial charge on any atom is -0.469 e. The first-order valence-corrected chi connectivity index (χ1v) is 7.29. The molecule has 1 N–H and O–H groups in total. The second kappa shape index (κ2) is 6.95. The second-order valence-electron chi connectivity index (χ2n) is 5.37. The number of nitrogens with zero attached hydrogens (tertiary/aromatic N) is 1. The highest BCUT2D eigenvalue weighted by Gasteiger charge is 2.18. The van der Waals surface area contributed by atoms with Crippen molar-refractivity contribution in [3.8, 4) is 0 Å². The van der Waals surface area contributed by atoms with Crippen molar-refractivity contribution < 1.29 is 4.42 Å². The highest BCUT2D eigenvalue weighted by Crippen LogP contribution is 2.13. The van der Waals surface area contributed by atoms with E-state index in [9.17, 15) is 0 Å². The van der Waals surface area contributed by atoms with E-state index in [0.29, 0.717) is 12.1 Å². The van der Waals surface area contributed by atoms with Crippen molar-refractivity contribution in [1.82, 2.24) is 10.2 Å². The summed E-state index contributed by atoms with van der Waals surface area (Å²) in [5.74, 6) is 1.11. The number of hydrogen-bond acceptors (Lipinski definition) is 3. The van der Waals surface area contributed by atoms with Crippen LogP contribution in [0.25, 0.3) is 0 Å². The zero-order valence-electron chi connectivity index (χ0n) is 11.7. The Bertz CT molecular complexity index is 323. The number of hydrogen-bond donors (Lipinski definition) is 1. The minimum absolute atomic E-state index is 0.576. The van der Waals surface area contributed by atoms with Crippen LogP contribution in [0.1, 0.15) is 38.9 Å². The van der Waals surface area contributed by atoms with Gasteiger partial charge < -0.3 is 14.6 Å². The number of furan rings is 1. The normalized spacial score (nSPS) is 24.4. The molecule has 1 aliphatic rings. The maximum absolute atomic E-state index is 5.45. The summed E-state index contributed by atoms with van der Waals surface area (Å²) in [5, 5.41) is 3.63. The lowest BCUT2D eigenvalue weighted by Gasteiger charge is -2.33. The maximum atomic E-state index is 5.45. The van der Waals surface area contributed by atoms with E-state index >= 15 is 0 Å². The molecule has 3 heteroatoms. The molecule has 0 aromatic carbocycles. The molecule has 0 radical (unpaired) electrons. The summed E-state index contributed by atoms with van der Waals surface area (Å²) in [6.07, 6.45) is 6.54. The fourth-order valence-electron chi connectivity index (χ4n) is 2.76. The van der Waals surface area contributed by atoms with Gasteiger partial charge in [-0.1, -0.05) is 6.92 Å². The number of rotatable bonds is 4. The fraction of sp³-hybridized carbons (Fsp3) is 0.733. The predicted octanol–water partition coefficient (Wildman–Crippen LogP) is 2.67. The third kappa shape index (κ3) is 3.85. The van der Waals surface area contributed by atoms with E-state index in [4.69, 9.17) is 4.42 Å². The average molecular weight is 250 g/mol. The molecule has 0 bridgehead atoms. The summed E-state index contributed by atoms with van der Waals surface area (Å²) in [4.78, 5) is 2.62. The molecule has 2 atom stereocenters. The van der Waals surface area contributed by atoms with Crippen molar-refractivity contribution in [1.29, 1.82) is 0 Å².